The van der Waals surface area contributed by atoms with Crippen LogP contribution in [0.4, 0.5) is 5.69 Å². The molecule has 0 bridgehead atoms. The Bertz CT molecular complexity index is 770. The van der Waals surface area contributed by atoms with E-state index in [4.69, 9.17) is 4.74 Å². The van der Waals surface area contributed by atoms with E-state index in [9.17, 15) is 13.2 Å². The molecule has 150 valence electrons. The molecule has 1 heterocycles. The third-order valence-electron chi connectivity index (χ3n) is 5.11. The number of benzene rings is 1. The lowest BCUT2D eigenvalue weighted by Crippen LogP contribution is -2.40. The summed E-state index contributed by atoms with van der Waals surface area (Å²) in [6, 6.07) is 5.08. The number of nitrogens with zero attached hydrogens (tertiary/aromatic N) is 1. The first-order chi connectivity index (χ1) is 12.9. The van der Waals surface area contributed by atoms with Gasteiger partial charge in [-0.1, -0.05) is 18.9 Å². The first-order valence-corrected chi connectivity index (χ1v) is 11.9. The van der Waals surface area contributed by atoms with Crippen LogP contribution in [-0.2, 0) is 19.6 Å². The smallest absolute Gasteiger partial charge is 0.243 e. The molecule has 27 heavy (non-hydrogen) atoms. The van der Waals surface area contributed by atoms with Gasteiger partial charge in [0.1, 0.15) is 0 Å². The Balaban J connectivity index is 1.71. The van der Waals surface area contributed by atoms with Gasteiger partial charge < -0.3 is 10.1 Å². The van der Waals surface area contributed by atoms with Gasteiger partial charge in [0.05, 0.1) is 23.4 Å². The zero-order valence-corrected chi connectivity index (χ0v) is 17.6. The van der Waals surface area contributed by atoms with E-state index in [1.54, 1.807) is 36.9 Å². The lowest BCUT2D eigenvalue weighted by atomic mass is 10.2. The number of anilines is 1. The molecule has 0 radical (unpaired) electrons. The summed E-state index contributed by atoms with van der Waals surface area (Å²) >= 11 is 1.72. The van der Waals surface area contributed by atoms with Gasteiger partial charge in [-0.25, -0.2) is 8.42 Å². The molecule has 1 N–H and O–H groups in total. The maximum Gasteiger partial charge on any atom is 0.243 e. The van der Waals surface area contributed by atoms with E-state index in [1.807, 2.05) is 6.92 Å². The summed E-state index contributed by atoms with van der Waals surface area (Å²) in [6.07, 6.45) is 4.84. The van der Waals surface area contributed by atoms with Gasteiger partial charge in [0.2, 0.25) is 15.9 Å². The minimum atomic E-state index is -3.59. The van der Waals surface area contributed by atoms with E-state index in [0.29, 0.717) is 42.8 Å². The largest absolute Gasteiger partial charge is 0.379 e. The van der Waals surface area contributed by atoms with Gasteiger partial charge in [-0.3, -0.25) is 4.79 Å². The molecule has 0 unspecified atom stereocenters. The minimum Gasteiger partial charge on any atom is -0.379 e. The molecule has 1 saturated heterocycles. The van der Waals surface area contributed by atoms with Crippen molar-refractivity contribution in [1.29, 1.82) is 0 Å². The van der Waals surface area contributed by atoms with E-state index < -0.39 is 10.0 Å². The standard InChI is InChI=1S/C19H28N2O4S2/c1-14-7-8-16(20-19(22)15(2)26-17-5-3-4-6-17)13-18(14)27(23,24)21-9-11-25-12-10-21/h7-8,13,15,17H,3-6,9-12H2,1-2H3,(H,20,22)/t15-/m0/s1. The van der Waals surface area contributed by atoms with Gasteiger partial charge in [0.15, 0.2) is 0 Å². The zero-order valence-electron chi connectivity index (χ0n) is 15.9. The second-order valence-corrected chi connectivity index (χ2v) is 10.7. The van der Waals surface area contributed by atoms with Crippen LogP contribution in [0.5, 0.6) is 0 Å². The van der Waals surface area contributed by atoms with Gasteiger partial charge in [0, 0.05) is 24.0 Å². The highest BCUT2D eigenvalue weighted by Gasteiger charge is 2.28. The van der Waals surface area contributed by atoms with Crippen molar-refractivity contribution in [2.24, 2.45) is 0 Å². The van der Waals surface area contributed by atoms with Crippen molar-refractivity contribution in [3.63, 3.8) is 0 Å². The summed E-state index contributed by atoms with van der Waals surface area (Å²) < 4.78 is 32.6. The van der Waals surface area contributed by atoms with Crippen LogP contribution in [0, 0.1) is 6.92 Å². The second kappa shape index (κ2) is 8.94. The number of carbonyl (C=O) groups excluding carboxylic acids is 1. The summed E-state index contributed by atoms with van der Waals surface area (Å²) in [5.74, 6) is -0.0783. The van der Waals surface area contributed by atoms with Gasteiger partial charge in [-0.05, 0) is 44.4 Å². The van der Waals surface area contributed by atoms with Crippen molar-refractivity contribution in [1.82, 2.24) is 4.31 Å². The van der Waals surface area contributed by atoms with Crippen LogP contribution in [0.1, 0.15) is 38.2 Å². The van der Waals surface area contributed by atoms with Crippen LogP contribution in [-0.4, -0.2) is 55.4 Å². The molecule has 0 aromatic heterocycles. The predicted molar refractivity (Wildman–Crippen MR) is 109 cm³/mol. The maximum absolute atomic E-state index is 13.0. The lowest BCUT2D eigenvalue weighted by molar-refractivity contribution is -0.115. The summed E-state index contributed by atoms with van der Waals surface area (Å²) in [7, 11) is -3.59. The molecule has 1 atom stereocenters. The minimum absolute atomic E-state index is 0.0783. The van der Waals surface area contributed by atoms with E-state index in [-0.39, 0.29) is 16.1 Å². The molecule has 2 aliphatic rings. The van der Waals surface area contributed by atoms with Crippen LogP contribution in [0.3, 0.4) is 0 Å². The Morgan fingerprint density at radius 1 is 1.26 bits per heavy atom. The number of rotatable bonds is 6. The van der Waals surface area contributed by atoms with Crippen molar-refractivity contribution in [2.45, 2.75) is 54.9 Å². The number of amides is 1. The van der Waals surface area contributed by atoms with Crippen LogP contribution >= 0.6 is 11.8 Å². The third kappa shape index (κ3) is 5.04. The lowest BCUT2D eigenvalue weighted by Gasteiger charge is -2.27. The normalized spacial score (nSPS) is 20.5. The SMILES string of the molecule is Cc1ccc(NC(=O)[C@H](C)SC2CCCC2)cc1S(=O)(=O)N1CCOCC1. The number of aryl methyl sites for hydroxylation is 1. The molecule has 3 rings (SSSR count). The highest BCUT2D eigenvalue weighted by Crippen LogP contribution is 2.32. The van der Waals surface area contributed by atoms with Crippen molar-refractivity contribution < 1.29 is 17.9 Å². The highest BCUT2D eigenvalue weighted by molar-refractivity contribution is 8.01. The molecule has 0 spiro atoms. The van der Waals surface area contributed by atoms with Gasteiger partial charge >= 0.3 is 0 Å². The molecule has 6 nitrogen and oxygen atoms in total. The van der Waals surface area contributed by atoms with E-state index in [1.165, 1.54) is 30.0 Å². The topological polar surface area (TPSA) is 75.7 Å². The third-order valence-corrected chi connectivity index (χ3v) is 8.63. The number of sulfonamides is 1. The van der Waals surface area contributed by atoms with Crippen molar-refractivity contribution >= 4 is 33.4 Å². The maximum atomic E-state index is 13.0. The molecular weight excluding hydrogens is 384 g/mol. The van der Waals surface area contributed by atoms with E-state index in [2.05, 4.69) is 5.32 Å². The molecular formula is C19H28N2O4S2. The summed E-state index contributed by atoms with van der Waals surface area (Å²) in [6.45, 7) is 5.21. The Labute approximate surface area is 166 Å². The first-order valence-electron chi connectivity index (χ1n) is 9.53. The van der Waals surface area contributed by atoms with Crippen molar-refractivity contribution in [3.8, 4) is 0 Å². The molecule has 1 saturated carbocycles. The van der Waals surface area contributed by atoms with Gasteiger partial charge in [0.25, 0.3) is 0 Å². The molecule has 8 heteroatoms. The summed E-state index contributed by atoms with van der Waals surface area (Å²) in [5, 5.41) is 3.29. The highest BCUT2D eigenvalue weighted by atomic mass is 32.2. The van der Waals surface area contributed by atoms with Crippen molar-refractivity contribution in [2.75, 3.05) is 31.6 Å². The predicted octanol–water partition coefficient (Wildman–Crippen LogP) is 3.02. The average Bonchev–Trinajstić information content (AvgIpc) is 3.17. The molecule has 1 aromatic carbocycles. The first kappa shape index (κ1) is 20.6. The Morgan fingerprint density at radius 2 is 1.93 bits per heavy atom. The van der Waals surface area contributed by atoms with Crippen LogP contribution in [0.25, 0.3) is 0 Å². The van der Waals surface area contributed by atoms with E-state index in [0.717, 1.165) is 0 Å². The number of morpholine rings is 1. The fourth-order valence-corrected chi connectivity index (χ4v) is 6.52. The van der Waals surface area contributed by atoms with Crippen LogP contribution < -0.4 is 5.32 Å². The second-order valence-electron chi connectivity index (χ2n) is 7.17. The molecule has 2 fully saturated rings. The number of hydrogen-bond donors (Lipinski definition) is 1. The molecule has 1 amide bonds. The summed E-state index contributed by atoms with van der Waals surface area (Å²) in [4.78, 5) is 12.8. The number of hydrogen-bond acceptors (Lipinski definition) is 5. The van der Waals surface area contributed by atoms with Crippen LogP contribution in [0.15, 0.2) is 23.1 Å². The van der Waals surface area contributed by atoms with Crippen molar-refractivity contribution in [3.05, 3.63) is 23.8 Å². The number of ether oxygens (including phenoxy) is 1. The number of thioether (sulfide) groups is 1. The quantitative estimate of drug-likeness (QED) is 0.777. The Morgan fingerprint density at radius 3 is 2.59 bits per heavy atom. The Hall–Kier alpha value is -1.09. The van der Waals surface area contributed by atoms with Gasteiger partial charge in [-0.15, -0.1) is 11.8 Å². The number of carbonyl (C=O) groups is 1. The molecule has 1 aromatic rings. The monoisotopic (exact) mass is 412 g/mol. The van der Waals surface area contributed by atoms with E-state index >= 15 is 0 Å². The Kier molecular flexibility index (Phi) is 6.83. The molecule has 1 aliphatic heterocycles. The zero-order chi connectivity index (χ0) is 19.4. The number of nitrogens with one attached hydrogen (secondary N) is 1. The summed E-state index contributed by atoms with van der Waals surface area (Å²) in [5.41, 5.74) is 1.20. The fourth-order valence-electron chi connectivity index (χ4n) is 3.50. The van der Waals surface area contributed by atoms with Crippen LogP contribution in [0.2, 0.25) is 0 Å². The van der Waals surface area contributed by atoms with Gasteiger partial charge in [-0.2, -0.15) is 4.31 Å². The average molecular weight is 413 g/mol. The fraction of sp³-hybridized carbons (Fsp3) is 0.632. The molecule has 1 aliphatic carbocycles.